The van der Waals surface area contributed by atoms with Crippen molar-refractivity contribution in [3.63, 3.8) is 0 Å². The number of benzene rings is 2. The Morgan fingerprint density at radius 3 is 3.00 bits per heavy atom. The van der Waals surface area contributed by atoms with Crippen LogP contribution in [-0.2, 0) is 0 Å². The van der Waals surface area contributed by atoms with Crippen molar-refractivity contribution >= 4 is 38.3 Å². The fourth-order valence-electron chi connectivity index (χ4n) is 2.41. The SMILES string of the molecule is Clc1cccc2nc(NC3COc4ccccc43)sc12. The zero-order valence-corrected chi connectivity index (χ0v) is 12.0. The number of hydrogen-bond donors (Lipinski definition) is 1. The average Bonchev–Trinajstić information content (AvgIpc) is 3.05. The molecule has 0 radical (unpaired) electrons. The third-order valence-corrected chi connectivity index (χ3v) is 4.83. The summed E-state index contributed by atoms with van der Waals surface area (Å²) in [7, 11) is 0. The highest BCUT2D eigenvalue weighted by atomic mass is 35.5. The number of nitrogens with zero attached hydrogens (tertiary/aromatic N) is 1. The highest BCUT2D eigenvalue weighted by molar-refractivity contribution is 7.22. The second-order valence-electron chi connectivity index (χ2n) is 4.65. The maximum Gasteiger partial charge on any atom is 0.184 e. The van der Waals surface area contributed by atoms with Crippen molar-refractivity contribution in [1.82, 2.24) is 4.98 Å². The van der Waals surface area contributed by atoms with Gasteiger partial charge >= 0.3 is 0 Å². The fourth-order valence-corrected chi connectivity index (χ4v) is 3.62. The molecule has 100 valence electrons. The highest BCUT2D eigenvalue weighted by Crippen LogP contribution is 2.37. The maximum atomic E-state index is 6.19. The molecule has 0 fully saturated rings. The molecule has 0 saturated heterocycles. The Bertz CT molecular complexity index is 786. The molecule has 0 bridgehead atoms. The zero-order valence-electron chi connectivity index (χ0n) is 10.5. The molecule has 5 heteroatoms. The summed E-state index contributed by atoms with van der Waals surface area (Å²) in [5.74, 6) is 0.948. The van der Waals surface area contributed by atoms with Crippen LogP contribution < -0.4 is 10.1 Å². The van der Waals surface area contributed by atoms with Crippen molar-refractivity contribution in [2.24, 2.45) is 0 Å². The van der Waals surface area contributed by atoms with Crippen LogP contribution in [0.1, 0.15) is 11.6 Å². The summed E-state index contributed by atoms with van der Waals surface area (Å²) in [5.41, 5.74) is 2.11. The maximum absolute atomic E-state index is 6.19. The summed E-state index contributed by atoms with van der Waals surface area (Å²) in [6, 6.07) is 14.0. The summed E-state index contributed by atoms with van der Waals surface area (Å²) < 4.78 is 6.69. The Morgan fingerprint density at radius 2 is 2.10 bits per heavy atom. The van der Waals surface area contributed by atoms with Crippen molar-refractivity contribution in [3.8, 4) is 5.75 Å². The van der Waals surface area contributed by atoms with Crippen LogP contribution in [0.5, 0.6) is 5.75 Å². The van der Waals surface area contributed by atoms with Gasteiger partial charge in [-0.1, -0.05) is 47.2 Å². The molecule has 2 heterocycles. The predicted octanol–water partition coefficient (Wildman–Crippen LogP) is 4.50. The summed E-state index contributed by atoms with van der Waals surface area (Å²) in [4.78, 5) is 4.58. The Labute approximate surface area is 125 Å². The van der Waals surface area contributed by atoms with Crippen molar-refractivity contribution in [2.45, 2.75) is 6.04 Å². The van der Waals surface area contributed by atoms with Gasteiger partial charge in [-0.25, -0.2) is 4.98 Å². The monoisotopic (exact) mass is 302 g/mol. The van der Waals surface area contributed by atoms with Crippen LogP contribution in [0.25, 0.3) is 10.2 Å². The molecule has 1 aliphatic heterocycles. The molecule has 0 aliphatic carbocycles. The van der Waals surface area contributed by atoms with Crippen LogP contribution >= 0.6 is 22.9 Å². The molecule has 2 aromatic carbocycles. The second kappa shape index (κ2) is 4.65. The van der Waals surface area contributed by atoms with E-state index in [0.717, 1.165) is 26.1 Å². The third-order valence-electron chi connectivity index (χ3n) is 3.36. The first-order valence-electron chi connectivity index (χ1n) is 6.34. The number of para-hydroxylation sites is 1. The molecular formula is C15H11ClN2OS. The van der Waals surface area contributed by atoms with E-state index in [2.05, 4.69) is 16.4 Å². The Hall–Kier alpha value is -1.78. The van der Waals surface area contributed by atoms with Gasteiger partial charge in [0.05, 0.1) is 21.3 Å². The number of anilines is 1. The van der Waals surface area contributed by atoms with Crippen LogP contribution in [0, 0.1) is 0 Å². The van der Waals surface area contributed by atoms with E-state index in [0.29, 0.717) is 6.61 Å². The van der Waals surface area contributed by atoms with E-state index in [1.807, 2.05) is 36.4 Å². The number of fused-ring (bicyclic) bond motifs is 2. The number of halogens is 1. The number of nitrogens with one attached hydrogen (secondary N) is 1. The van der Waals surface area contributed by atoms with Crippen molar-refractivity contribution in [3.05, 3.63) is 53.1 Å². The molecule has 1 aromatic heterocycles. The van der Waals surface area contributed by atoms with Crippen LogP contribution in [-0.4, -0.2) is 11.6 Å². The smallest absolute Gasteiger partial charge is 0.184 e. The van der Waals surface area contributed by atoms with Gasteiger partial charge in [0.15, 0.2) is 5.13 Å². The summed E-state index contributed by atoms with van der Waals surface area (Å²) in [6.45, 7) is 0.628. The number of hydrogen-bond acceptors (Lipinski definition) is 4. The van der Waals surface area contributed by atoms with Gasteiger partial charge in [0.2, 0.25) is 0 Å². The number of thiazole rings is 1. The van der Waals surface area contributed by atoms with Gasteiger partial charge in [-0.15, -0.1) is 0 Å². The van der Waals surface area contributed by atoms with Gasteiger partial charge in [-0.3, -0.25) is 0 Å². The summed E-state index contributed by atoms with van der Waals surface area (Å²) in [6.07, 6.45) is 0. The fraction of sp³-hybridized carbons (Fsp3) is 0.133. The third kappa shape index (κ3) is 1.92. The molecule has 1 unspecified atom stereocenters. The lowest BCUT2D eigenvalue weighted by Gasteiger charge is -2.09. The number of rotatable bonds is 2. The van der Waals surface area contributed by atoms with E-state index >= 15 is 0 Å². The van der Waals surface area contributed by atoms with Crippen molar-refractivity contribution in [2.75, 3.05) is 11.9 Å². The lowest BCUT2D eigenvalue weighted by molar-refractivity contribution is 0.340. The topological polar surface area (TPSA) is 34.2 Å². The van der Waals surface area contributed by atoms with Crippen molar-refractivity contribution < 1.29 is 4.74 Å². The Morgan fingerprint density at radius 1 is 1.20 bits per heavy atom. The summed E-state index contributed by atoms with van der Waals surface area (Å²) in [5, 5.41) is 5.06. The molecule has 4 rings (SSSR count). The zero-order chi connectivity index (χ0) is 13.5. The van der Waals surface area contributed by atoms with Gasteiger partial charge in [0.25, 0.3) is 0 Å². The molecule has 20 heavy (non-hydrogen) atoms. The van der Waals surface area contributed by atoms with Gasteiger partial charge in [-0.2, -0.15) is 0 Å². The average molecular weight is 303 g/mol. The van der Waals surface area contributed by atoms with Crippen LogP contribution in [0.3, 0.4) is 0 Å². The van der Waals surface area contributed by atoms with Crippen LogP contribution in [0.2, 0.25) is 5.02 Å². The highest BCUT2D eigenvalue weighted by Gasteiger charge is 2.24. The normalized spacial score (nSPS) is 16.9. The van der Waals surface area contributed by atoms with Gasteiger partial charge in [0.1, 0.15) is 12.4 Å². The standard InChI is InChI=1S/C15H11ClN2OS/c16-10-5-3-6-11-14(10)20-15(17-11)18-12-8-19-13-7-2-1-4-9(12)13/h1-7,12H,8H2,(H,17,18). The minimum atomic E-state index is 0.144. The van der Waals surface area contributed by atoms with Gasteiger partial charge in [-0.05, 0) is 18.2 Å². The minimum Gasteiger partial charge on any atom is -0.491 e. The van der Waals surface area contributed by atoms with E-state index in [4.69, 9.17) is 16.3 Å². The molecule has 0 saturated carbocycles. The molecule has 0 spiro atoms. The van der Waals surface area contributed by atoms with E-state index in [1.54, 1.807) is 11.3 Å². The molecular weight excluding hydrogens is 292 g/mol. The minimum absolute atomic E-state index is 0.144. The first-order chi connectivity index (χ1) is 9.81. The van der Waals surface area contributed by atoms with E-state index in [-0.39, 0.29) is 6.04 Å². The Kier molecular flexibility index (Phi) is 2.79. The number of aromatic nitrogens is 1. The quantitative estimate of drug-likeness (QED) is 0.757. The largest absolute Gasteiger partial charge is 0.491 e. The molecule has 3 aromatic rings. The van der Waals surface area contributed by atoms with E-state index < -0.39 is 0 Å². The van der Waals surface area contributed by atoms with Crippen LogP contribution in [0.4, 0.5) is 5.13 Å². The lowest BCUT2D eigenvalue weighted by atomic mass is 10.1. The van der Waals surface area contributed by atoms with Crippen molar-refractivity contribution in [1.29, 1.82) is 0 Å². The molecule has 3 nitrogen and oxygen atoms in total. The van der Waals surface area contributed by atoms with E-state index in [1.165, 1.54) is 5.56 Å². The van der Waals surface area contributed by atoms with E-state index in [9.17, 15) is 0 Å². The Balaban J connectivity index is 1.67. The second-order valence-corrected chi connectivity index (χ2v) is 6.06. The molecule has 1 atom stereocenters. The number of ether oxygens (including phenoxy) is 1. The predicted molar refractivity (Wildman–Crippen MR) is 82.9 cm³/mol. The first kappa shape index (κ1) is 12.0. The molecule has 1 aliphatic rings. The first-order valence-corrected chi connectivity index (χ1v) is 7.54. The van der Waals surface area contributed by atoms with Gasteiger partial charge < -0.3 is 10.1 Å². The van der Waals surface area contributed by atoms with Crippen LogP contribution in [0.15, 0.2) is 42.5 Å². The van der Waals surface area contributed by atoms with Gasteiger partial charge in [0, 0.05) is 5.56 Å². The molecule has 0 amide bonds. The summed E-state index contributed by atoms with van der Waals surface area (Å²) >= 11 is 7.76. The lowest BCUT2D eigenvalue weighted by Crippen LogP contribution is -2.11. The molecule has 1 N–H and O–H groups in total.